The summed E-state index contributed by atoms with van der Waals surface area (Å²) in [6.45, 7) is 3.49. The Morgan fingerprint density at radius 3 is 2.55 bits per heavy atom. The molecule has 108 valence electrons. The number of rotatable bonds is 4. The topological polar surface area (TPSA) is 85.3 Å². The first-order valence-electron chi connectivity index (χ1n) is 5.93. The van der Waals surface area contributed by atoms with Gasteiger partial charge in [-0.2, -0.15) is 0 Å². The number of sulfonamides is 1. The monoisotopic (exact) mass is 314 g/mol. The molecule has 1 unspecified atom stereocenters. The number of aryl methyl sites for hydroxylation is 1. The zero-order chi connectivity index (χ0) is 14.9. The summed E-state index contributed by atoms with van der Waals surface area (Å²) in [7, 11) is -3.74. The van der Waals surface area contributed by atoms with E-state index in [1.807, 2.05) is 0 Å². The van der Waals surface area contributed by atoms with E-state index in [1.165, 1.54) is 18.2 Å². The first-order valence-corrected chi connectivity index (χ1v) is 7.79. The van der Waals surface area contributed by atoms with Gasteiger partial charge in [-0.3, -0.25) is 0 Å². The van der Waals surface area contributed by atoms with E-state index in [0.29, 0.717) is 11.4 Å². The van der Waals surface area contributed by atoms with E-state index in [9.17, 15) is 8.42 Å². The Labute approximate surface area is 122 Å². The quantitative estimate of drug-likeness (QED) is 0.850. The van der Waals surface area contributed by atoms with Crippen LogP contribution in [0.15, 0.2) is 39.6 Å². The molecule has 0 spiro atoms. The average molecular weight is 315 g/mol. The first-order chi connectivity index (χ1) is 9.29. The van der Waals surface area contributed by atoms with Crippen molar-refractivity contribution < 1.29 is 12.8 Å². The number of nitrogens with two attached hydrogens (primary N) is 1. The van der Waals surface area contributed by atoms with E-state index in [4.69, 9.17) is 21.8 Å². The molecule has 0 aliphatic heterocycles. The predicted octanol–water partition coefficient (Wildman–Crippen LogP) is 2.86. The summed E-state index contributed by atoms with van der Waals surface area (Å²) < 4.78 is 32.5. The fourth-order valence-electron chi connectivity index (χ4n) is 1.78. The third-order valence-electron chi connectivity index (χ3n) is 2.77. The standard InChI is InChI=1S/C13H15ClN2O3S/c1-8-3-5-12(19-8)9(2)16-20(17,18)13-6-4-10(15)7-11(13)14/h3-7,9,16H,15H2,1-2H3. The summed E-state index contributed by atoms with van der Waals surface area (Å²) in [5, 5.41) is 0.0836. The highest BCUT2D eigenvalue weighted by Crippen LogP contribution is 2.25. The fourth-order valence-corrected chi connectivity index (χ4v) is 3.54. The summed E-state index contributed by atoms with van der Waals surface area (Å²) in [5.41, 5.74) is 5.96. The van der Waals surface area contributed by atoms with Crippen LogP contribution in [0.4, 0.5) is 5.69 Å². The molecular weight excluding hydrogens is 300 g/mol. The van der Waals surface area contributed by atoms with Crippen LogP contribution in [-0.4, -0.2) is 8.42 Å². The number of nitrogens with one attached hydrogen (secondary N) is 1. The van der Waals surface area contributed by atoms with Crippen molar-refractivity contribution >= 4 is 27.3 Å². The molecule has 2 rings (SSSR count). The van der Waals surface area contributed by atoms with E-state index in [-0.39, 0.29) is 9.92 Å². The van der Waals surface area contributed by atoms with Crippen molar-refractivity contribution in [2.24, 2.45) is 0 Å². The van der Waals surface area contributed by atoms with Crippen LogP contribution in [0.3, 0.4) is 0 Å². The molecule has 1 atom stereocenters. The van der Waals surface area contributed by atoms with Crippen LogP contribution >= 0.6 is 11.6 Å². The number of furan rings is 1. The Balaban J connectivity index is 2.27. The predicted molar refractivity (Wildman–Crippen MR) is 78.0 cm³/mol. The van der Waals surface area contributed by atoms with Gasteiger partial charge in [-0.25, -0.2) is 13.1 Å². The van der Waals surface area contributed by atoms with Gasteiger partial charge in [0.15, 0.2) is 0 Å². The van der Waals surface area contributed by atoms with Gasteiger partial charge in [0.2, 0.25) is 10.0 Å². The molecule has 0 bridgehead atoms. The minimum absolute atomic E-state index is 0.0107. The van der Waals surface area contributed by atoms with Crippen molar-refractivity contribution in [1.29, 1.82) is 0 Å². The maximum atomic E-state index is 12.3. The van der Waals surface area contributed by atoms with Gasteiger partial charge in [-0.15, -0.1) is 0 Å². The summed E-state index contributed by atoms with van der Waals surface area (Å²) in [4.78, 5) is -0.0107. The van der Waals surface area contributed by atoms with E-state index >= 15 is 0 Å². The number of benzene rings is 1. The first kappa shape index (κ1) is 14.9. The minimum Gasteiger partial charge on any atom is -0.465 e. The van der Waals surface area contributed by atoms with Crippen LogP contribution in [0.1, 0.15) is 24.5 Å². The fraction of sp³-hybridized carbons (Fsp3) is 0.231. The summed E-state index contributed by atoms with van der Waals surface area (Å²) in [5.74, 6) is 1.26. The molecule has 2 aromatic rings. The molecular formula is C13H15ClN2O3S. The number of hydrogen-bond donors (Lipinski definition) is 2. The number of hydrogen-bond acceptors (Lipinski definition) is 4. The lowest BCUT2D eigenvalue weighted by Crippen LogP contribution is -2.26. The molecule has 5 nitrogen and oxygen atoms in total. The van der Waals surface area contributed by atoms with Crippen LogP contribution in [0, 0.1) is 6.92 Å². The maximum absolute atomic E-state index is 12.3. The van der Waals surface area contributed by atoms with Crippen LogP contribution < -0.4 is 10.5 Å². The van der Waals surface area contributed by atoms with Gasteiger partial charge in [0.1, 0.15) is 16.4 Å². The van der Waals surface area contributed by atoms with Crippen molar-refractivity contribution in [2.45, 2.75) is 24.8 Å². The third-order valence-corrected chi connectivity index (χ3v) is 4.79. The molecule has 0 aliphatic rings. The molecule has 1 aromatic carbocycles. The average Bonchev–Trinajstić information content (AvgIpc) is 2.74. The van der Waals surface area contributed by atoms with Crippen LogP contribution in [0.25, 0.3) is 0 Å². The lowest BCUT2D eigenvalue weighted by Gasteiger charge is -2.13. The second-order valence-electron chi connectivity index (χ2n) is 4.48. The second-order valence-corrected chi connectivity index (χ2v) is 6.57. The summed E-state index contributed by atoms with van der Waals surface area (Å²) in [6, 6.07) is 7.27. The van der Waals surface area contributed by atoms with E-state index in [2.05, 4.69) is 4.72 Å². The van der Waals surface area contributed by atoms with Gasteiger partial charge in [0.25, 0.3) is 0 Å². The van der Waals surface area contributed by atoms with Crippen LogP contribution in [-0.2, 0) is 10.0 Å². The number of halogens is 1. The van der Waals surface area contributed by atoms with E-state index in [1.54, 1.807) is 26.0 Å². The Bertz CT molecular complexity index is 725. The maximum Gasteiger partial charge on any atom is 0.242 e. The SMILES string of the molecule is Cc1ccc(C(C)NS(=O)(=O)c2ccc(N)cc2Cl)o1. The highest BCUT2D eigenvalue weighted by molar-refractivity contribution is 7.89. The molecule has 0 saturated heterocycles. The van der Waals surface area contributed by atoms with Gasteiger partial charge >= 0.3 is 0 Å². The normalized spacial score (nSPS) is 13.3. The smallest absolute Gasteiger partial charge is 0.242 e. The molecule has 3 N–H and O–H groups in total. The van der Waals surface area contributed by atoms with Crippen molar-refractivity contribution in [2.75, 3.05) is 5.73 Å². The van der Waals surface area contributed by atoms with E-state index in [0.717, 1.165) is 5.76 Å². The summed E-state index contributed by atoms with van der Waals surface area (Å²) in [6.07, 6.45) is 0. The Morgan fingerprint density at radius 1 is 1.30 bits per heavy atom. The van der Waals surface area contributed by atoms with Gasteiger partial charge in [0.05, 0.1) is 11.1 Å². The molecule has 0 saturated carbocycles. The highest BCUT2D eigenvalue weighted by Gasteiger charge is 2.22. The lowest BCUT2D eigenvalue weighted by atomic mass is 10.3. The van der Waals surface area contributed by atoms with Crippen molar-refractivity contribution in [1.82, 2.24) is 4.72 Å². The van der Waals surface area contributed by atoms with Crippen LogP contribution in [0.5, 0.6) is 0 Å². The van der Waals surface area contributed by atoms with Gasteiger partial charge < -0.3 is 10.2 Å². The van der Waals surface area contributed by atoms with Gasteiger partial charge in [-0.1, -0.05) is 11.6 Å². The zero-order valence-electron chi connectivity index (χ0n) is 11.1. The number of nitrogen functional groups attached to an aromatic ring is 1. The van der Waals surface area contributed by atoms with Gasteiger partial charge in [0, 0.05) is 5.69 Å². The largest absolute Gasteiger partial charge is 0.465 e. The number of anilines is 1. The molecule has 7 heteroatoms. The lowest BCUT2D eigenvalue weighted by molar-refractivity contribution is 0.441. The molecule has 0 amide bonds. The minimum atomic E-state index is -3.74. The molecule has 0 aliphatic carbocycles. The van der Waals surface area contributed by atoms with Gasteiger partial charge in [-0.05, 0) is 44.2 Å². The molecule has 0 fully saturated rings. The third kappa shape index (κ3) is 3.15. The molecule has 1 heterocycles. The Hall–Kier alpha value is -1.50. The van der Waals surface area contributed by atoms with E-state index < -0.39 is 16.1 Å². The van der Waals surface area contributed by atoms with Crippen LogP contribution in [0.2, 0.25) is 5.02 Å². The van der Waals surface area contributed by atoms with Crippen molar-refractivity contribution in [3.8, 4) is 0 Å². The Kier molecular flexibility index (Phi) is 4.08. The highest BCUT2D eigenvalue weighted by atomic mass is 35.5. The molecule has 1 aromatic heterocycles. The zero-order valence-corrected chi connectivity index (χ0v) is 12.6. The summed E-state index contributed by atoms with van der Waals surface area (Å²) >= 11 is 5.93. The second kappa shape index (κ2) is 5.47. The Morgan fingerprint density at radius 2 is 2.00 bits per heavy atom. The molecule has 20 heavy (non-hydrogen) atoms. The molecule has 0 radical (unpaired) electrons. The van der Waals surface area contributed by atoms with Crippen molar-refractivity contribution in [3.05, 3.63) is 46.9 Å². The van der Waals surface area contributed by atoms with Crippen molar-refractivity contribution in [3.63, 3.8) is 0 Å².